The molecular weight excluding hydrogens is 185 g/mol. The van der Waals surface area contributed by atoms with Gasteiger partial charge in [0.25, 0.3) is 5.56 Å². The lowest BCUT2D eigenvalue weighted by Gasteiger charge is -2.03. The van der Waals surface area contributed by atoms with Crippen LogP contribution in [0.1, 0.15) is 0 Å². The predicted molar refractivity (Wildman–Crippen MR) is 51.1 cm³/mol. The van der Waals surface area contributed by atoms with Crippen LogP contribution in [-0.4, -0.2) is 12.1 Å². The topological polar surface area (TPSA) is 42.1 Å². The van der Waals surface area contributed by atoms with Gasteiger partial charge in [-0.15, -0.1) is 0 Å². The van der Waals surface area contributed by atoms with Gasteiger partial charge in [0, 0.05) is 11.6 Å². The molecule has 72 valence electrons. The average Bonchev–Trinajstić information content (AvgIpc) is 2.19. The van der Waals surface area contributed by atoms with Gasteiger partial charge in [0.15, 0.2) is 0 Å². The van der Waals surface area contributed by atoms with Crippen molar-refractivity contribution >= 4 is 10.8 Å². The molecule has 0 aliphatic heterocycles. The largest absolute Gasteiger partial charge is 0.495 e. The number of H-pyrrole nitrogens is 1. The normalized spacial score (nSPS) is 10.4. The van der Waals surface area contributed by atoms with Crippen molar-refractivity contribution in [1.82, 2.24) is 4.98 Å². The third kappa shape index (κ3) is 1.25. The van der Waals surface area contributed by atoms with E-state index in [1.54, 1.807) is 0 Å². The smallest absolute Gasteiger partial charge is 0.256 e. The molecule has 0 fully saturated rings. The zero-order valence-electron chi connectivity index (χ0n) is 7.50. The molecule has 0 saturated carbocycles. The summed E-state index contributed by atoms with van der Waals surface area (Å²) in [5.41, 5.74) is -0.319. The Hall–Kier alpha value is -1.84. The van der Waals surface area contributed by atoms with Crippen molar-refractivity contribution < 1.29 is 9.13 Å². The molecule has 0 aliphatic carbocycles. The standard InChI is InChI=1S/C10H8FNO2/c1-14-9-5-12-10(13)8-4-6(11)2-3-7(8)9/h2-5H,1H3,(H,12,13). The Morgan fingerprint density at radius 1 is 1.36 bits per heavy atom. The number of methoxy groups -OCH3 is 1. The fraction of sp³-hybridized carbons (Fsp3) is 0.100. The van der Waals surface area contributed by atoms with Crippen LogP contribution in [0.3, 0.4) is 0 Å². The number of benzene rings is 1. The van der Waals surface area contributed by atoms with E-state index >= 15 is 0 Å². The first kappa shape index (κ1) is 8.74. The molecule has 2 aromatic rings. The van der Waals surface area contributed by atoms with Crippen LogP contribution < -0.4 is 10.3 Å². The van der Waals surface area contributed by atoms with E-state index in [0.717, 1.165) is 0 Å². The predicted octanol–water partition coefficient (Wildman–Crippen LogP) is 1.68. The molecule has 1 aromatic heterocycles. The molecule has 0 saturated heterocycles. The summed E-state index contributed by atoms with van der Waals surface area (Å²) in [4.78, 5) is 13.8. The van der Waals surface area contributed by atoms with Gasteiger partial charge in [0.1, 0.15) is 11.6 Å². The molecule has 1 N–H and O–H groups in total. The molecule has 0 bridgehead atoms. The summed E-state index contributed by atoms with van der Waals surface area (Å²) in [5.74, 6) is 0.0934. The Labute approximate surface area is 79.1 Å². The number of fused-ring (bicyclic) bond motifs is 1. The Morgan fingerprint density at radius 2 is 2.14 bits per heavy atom. The summed E-state index contributed by atoms with van der Waals surface area (Å²) in [6.45, 7) is 0. The number of pyridine rings is 1. The van der Waals surface area contributed by atoms with Gasteiger partial charge in [-0.25, -0.2) is 4.39 Å². The second-order valence-corrected chi connectivity index (χ2v) is 2.88. The fourth-order valence-corrected chi connectivity index (χ4v) is 1.37. The molecule has 0 aliphatic rings. The Morgan fingerprint density at radius 3 is 2.86 bits per heavy atom. The van der Waals surface area contributed by atoms with Crippen molar-refractivity contribution in [2.45, 2.75) is 0 Å². The molecule has 0 atom stereocenters. The Bertz CT molecular complexity index is 533. The van der Waals surface area contributed by atoms with Gasteiger partial charge in [-0.2, -0.15) is 0 Å². The zero-order chi connectivity index (χ0) is 10.1. The molecule has 2 rings (SSSR count). The molecule has 3 nitrogen and oxygen atoms in total. The van der Waals surface area contributed by atoms with Crippen LogP contribution in [0.2, 0.25) is 0 Å². The molecule has 0 unspecified atom stereocenters. The number of halogens is 1. The van der Waals surface area contributed by atoms with Gasteiger partial charge in [-0.05, 0) is 18.2 Å². The summed E-state index contributed by atoms with van der Waals surface area (Å²) in [7, 11) is 1.50. The van der Waals surface area contributed by atoms with Gasteiger partial charge < -0.3 is 9.72 Å². The van der Waals surface area contributed by atoms with E-state index in [4.69, 9.17) is 4.74 Å². The first-order valence-corrected chi connectivity index (χ1v) is 4.07. The van der Waals surface area contributed by atoms with E-state index in [-0.39, 0.29) is 5.56 Å². The van der Waals surface area contributed by atoms with Crippen molar-refractivity contribution in [2.75, 3.05) is 7.11 Å². The SMILES string of the molecule is COc1c[nH]c(=O)c2cc(F)ccc12. The first-order chi connectivity index (χ1) is 6.72. The number of aromatic amines is 1. The molecule has 0 spiro atoms. The van der Waals surface area contributed by atoms with Gasteiger partial charge in [0.2, 0.25) is 0 Å². The highest BCUT2D eigenvalue weighted by atomic mass is 19.1. The molecular formula is C10H8FNO2. The van der Waals surface area contributed by atoms with Crippen LogP contribution in [0.15, 0.2) is 29.2 Å². The van der Waals surface area contributed by atoms with Crippen molar-refractivity contribution in [3.63, 3.8) is 0 Å². The second-order valence-electron chi connectivity index (χ2n) is 2.88. The minimum absolute atomic E-state index is 0.296. The summed E-state index contributed by atoms with van der Waals surface area (Å²) in [5, 5.41) is 0.905. The minimum Gasteiger partial charge on any atom is -0.495 e. The molecule has 14 heavy (non-hydrogen) atoms. The van der Waals surface area contributed by atoms with Crippen LogP contribution >= 0.6 is 0 Å². The highest BCUT2D eigenvalue weighted by Crippen LogP contribution is 2.21. The van der Waals surface area contributed by atoms with Crippen LogP contribution in [0.5, 0.6) is 5.75 Å². The van der Waals surface area contributed by atoms with E-state index < -0.39 is 5.82 Å². The van der Waals surface area contributed by atoms with Gasteiger partial charge in [0.05, 0.1) is 12.5 Å². The summed E-state index contributed by atoms with van der Waals surface area (Å²) < 4.78 is 17.9. The lowest BCUT2D eigenvalue weighted by atomic mass is 10.1. The maximum atomic E-state index is 12.9. The van der Waals surface area contributed by atoms with Crippen molar-refractivity contribution in [2.24, 2.45) is 0 Å². The quantitative estimate of drug-likeness (QED) is 0.748. The maximum Gasteiger partial charge on any atom is 0.256 e. The van der Waals surface area contributed by atoms with Gasteiger partial charge in [-0.3, -0.25) is 4.79 Å². The third-order valence-corrected chi connectivity index (χ3v) is 2.05. The van der Waals surface area contributed by atoms with E-state index in [9.17, 15) is 9.18 Å². The van der Waals surface area contributed by atoms with E-state index in [0.29, 0.717) is 16.5 Å². The third-order valence-electron chi connectivity index (χ3n) is 2.05. The van der Waals surface area contributed by atoms with Crippen LogP contribution in [0, 0.1) is 5.82 Å². The van der Waals surface area contributed by atoms with Crippen molar-refractivity contribution in [1.29, 1.82) is 0 Å². The number of aromatic nitrogens is 1. The van der Waals surface area contributed by atoms with Crippen LogP contribution in [0.25, 0.3) is 10.8 Å². The number of hydrogen-bond acceptors (Lipinski definition) is 2. The van der Waals surface area contributed by atoms with Crippen LogP contribution in [-0.2, 0) is 0 Å². The monoisotopic (exact) mass is 193 g/mol. The Kier molecular flexibility index (Phi) is 1.96. The summed E-state index contributed by atoms with van der Waals surface area (Å²) in [6, 6.07) is 4.01. The summed E-state index contributed by atoms with van der Waals surface area (Å²) >= 11 is 0. The number of rotatable bonds is 1. The lowest BCUT2D eigenvalue weighted by molar-refractivity contribution is 0.418. The summed E-state index contributed by atoms with van der Waals surface area (Å²) in [6.07, 6.45) is 1.46. The molecule has 4 heteroatoms. The first-order valence-electron chi connectivity index (χ1n) is 4.07. The zero-order valence-corrected chi connectivity index (χ0v) is 7.50. The number of hydrogen-bond donors (Lipinski definition) is 1. The minimum atomic E-state index is -0.434. The van der Waals surface area contributed by atoms with E-state index in [1.807, 2.05) is 0 Å². The fourth-order valence-electron chi connectivity index (χ4n) is 1.37. The highest BCUT2D eigenvalue weighted by Gasteiger charge is 2.05. The maximum absolute atomic E-state index is 12.9. The number of ether oxygens (including phenoxy) is 1. The molecule has 1 aromatic carbocycles. The van der Waals surface area contributed by atoms with E-state index in [2.05, 4.69) is 4.98 Å². The van der Waals surface area contributed by atoms with Gasteiger partial charge in [-0.1, -0.05) is 0 Å². The molecule has 0 radical (unpaired) electrons. The molecule has 1 heterocycles. The van der Waals surface area contributed by atoms with Crippen molar-refractivity contribution in [3.05, 3.63) is 40.6 Å². The lowest BCUT2D eigenvalue weighted by Crippen LogP contribution is -2.06. The molecule has 0 amide bonds. The van der Waals surface area contributed by atoms with Crippen LogP contribution in [0.4, 0.5) is 4.39 Å². The second kappa shape index (κ2) is 3.14. The average molecular weight is 193 g/mol. The highest BCUT2D eigenvalue weighted by molar-refractivity contribution is 5.87. The van der Waals surface area contributed by atoms with E-state index in [1.165, 1.54) is 31.5 Å². The number of nitrogens with one attached hydrogen (secondary N) is 1. The van der Waals surface area contributed by atoms with Crippen molar-refractivity contribution in [3.8, 4) is 5.75 Å². The Balaban J connectivity index is 2.91. The van der Waals surface area contributed by atoms with Gasteiger partial charge >= 0.3 is 0 Å².